The third-order valence-electron chi connectivity index (χ3n) is 6.92. The number of aromatic nitrogens is 1. The first-order valence-corrected chi connectivity index (χ1v) is 14.2. The average molecular weight is 543 g/mol. The molecule has 0 radical (unpaired) electrons. The van der Waals surface area contributed by atoms with E-state index in [9.17, 15) is 22.0 Å². The number of unbranched alkanes of at least 4 members (excludes halogenated alkanes) is 1. The van der Waals surface area contributed by atoms with Crippen molar-refractivity contribution >= 4 is 15.9 Å². The normalized spacial score (nSPS) is 18.0. The standard InChI is InChI=1S/C28H32F2N4O3S/c29-21-11-12-22-20(17-21)10-13-26(23(22)16-19-6-5-14-32-18-19)34-28(35)25(31)8-3-4-15-33-38(36,37)27-9-2-1-7-24(27)30/h1-2,5-7,9,11-12,14,17-18,23,25-26,33H,3-4,8,10,13,15-16,31H2,(H,34,35)/t23-,25+,26+/m1/s1. The lowest BCUT2D eigenvalue weighted by atomic mass is 9.76. The molecule has 1 aliphatic rings. The second-order valence-corrected chi connectivity index (χ2v) is 11.3. The first-order chi connectivity index (χ1) is 18.2. The summed E-state index contributed by atoms with van der Waals surface area (Å²) in [5, 5.41) is 3.11. The lowest BCUT2D eigenvalue weighted by Gasteiger charge is -2.35. The van der Waals surface area contributed by atoms with Crippen LogP contribution in [-0.4, -0.2) is 37.9 Å². The number of pyridine rings is 1. The number of hydrogen-bond acceptors (Lipinski definition) is 5. The Labute approximate surface area is 221 Å². The van der Waals surface area contributed by atoms with Crippen molar-refractivity contribution in [1.29, 1.82) is 0 Å². The van der Waals surface area contributed by atoms with Gasteiger partial charge in [-0.15, -0.1) is 0 Å². The Morgan fingerprint density at radius 2 is 1.92 bits per heavy atom. The SMILES string of the molecule is N[C@@H](CCCCNS(=O)(=O)c1ccccc1F)C(=O)N[C@H]1CCc2cc(F)ccc2[C@H]1Cc1cccnc1. The van der Waals surface area contributed by atoms with E-state index in [1.54, 1.807) is 24.5 Å². The highest BCUT2D eigenvalue weighted by atomic mass is 32.2. The topological polar surface area (TPSA) is 114 Å². The van der Waals surface area contributed by atoms with Gasteiger partial charge in [0, 0.05) is 30.9 Å². The van der Waals surface area contributed by atoms with E-state index in [1.807, 2.05) is 12.1 Å². The number of fused-ring (bicyclic) bond motifs is 1. The summed E-state index contributed by atoms with van der Waals surface area (Å²) in [4.78, 5) is 16.8. The van der Waals surface area contributed by atoms with E-state index in [1.165, 1.54) is 24.3 Å². The van der Waals surface area contributed by atoms with E-state index in [-0.39, 0.29) is 30.2 Å². The zero-order valence-electron chi connectivity index (χ0n) is 20.9. The number of benzene rings is 2. The first kappa shape index (κ1) is 27.8. The molecule has 10 heteroatoms. The summed E-state index contributed by atoms with van der Waals surface area (Å²) in [5.41, 5.74) is 9.16. The fourth-order valence-corrected chi connectivity index (χ4v) is 6.09. The highest BCUT2D eigenvalue weighted by Gasteiger charge is 2.32. The summed E-state index contributed by atoms with van der Waals surface area (Å²) in [5.74, 6) is -1.41. The molecule has 0 aliphatic heterocycles. The van der Waals surface area contributed by atoms with Crippen LogP contribution in [0.2, 0.25) is 0 Å². The van der Waals surface area contributed by atoms with Crippen molar-refractivity contribution in [3.05, 3.63) is 95.3 Å². The molecular formula is C28H32F2N4O3S. The number of nitrogens with zero attached hydrogens (tertiary/aromatic N) is 1. The molecule has 2 aromatic carbocycles. The molecule has 0 saturated heterocycles. The summed E-state index contributed by atoms with van der Waals surface area (Å²) < 4.78 is 54.6. The van der Waals surface area contributed by atoms with Gasteiger partial charge < -0.3 is 11.1 Å². The molecule has 1 amide bonds. The van der Waals surface area contributed by atoms with Gasteiger partial charge in [0.05, 0.1) is 6.04 Å². The fraction of sp³-hybridized carbons (Fsp3) is 0.357. The molecule has 0 unspecified atom stereocenters. The van der Waals surface area contributed by atoms with Crippen LogP contribution < -0.4 is 15.8 Å². The number of carbonyl (C=O) groups is 1. The van der Waals surface area contributed by atoms with Crippen LogP contribution in [0.25, 0.3) is 0 Å². The van der Waals surface area contributed by atoms with Gasteiger partial charge in [-0.25, -0.2) is 21.9 Å². The predicted octanol–water partition coefficient (Wildman–Crippen LogP) is 3.59. The van der Waals surface area contributed by atoms with Gasteiger partial charge in [-0.3, -0.25) is 9.78 Å². The van der Waals surface area contributed by atoms with Crippen molar-refractivity contribution in [2.75, 3.05) is 6.54 Å². The maximum Gasteiger partial charge on any atom is 0.243 e. The van der Waals surface area contributed by atoms with Crippen LogP contribution >= 0.6 is 0 Å². The lowest BCUT2D eigenvalue weighted by molar-refractivity contribution is -0.123. The number of amides is 1. The number of nitrogens with one attached hydrogen (secondary N) is 2. The summed E-state index contributed by atoms with van der Waals surface area (Å²) >= 11 is 0. The Balaban J connectivity index is 1.31. The fourth-order valence-electron chi connectivity index (χ4n) is 4.94. The molecule has 202 valence electrons. The quantitative estimate of drug-likeness (QED) is 0.321. The lowest BCUT2D eigenvalue weighted by Crippen LogP contribution is -2.49. The number of sulfonamides is 1. The van der Waals surface area contributed by atoms with E-state index in [4.69, 9.17) is 5.73 Å². The van der Waals surface area contributed by atoms with Gasteiger partial charge in [0.1, 0.15) is 16.5 Å². The average Bonchev–Trinajstić information content (AvgIpc) is 2.90. The Kier molecular flexibility index (Phi) is 9.19. The Morgan fingerprint density at radius 1 is 1.11 bits per heavy atom. The molecule has 0 bridgehead atoms. The van der Waals surface area contributed by atoms with Crippen molar-refractivity contribution in [3.63, 3.8) is 0 Å². The van der Waals surface area contributed by atoms with Crippen LogP contribution in [0.5, 0.6) is 0 Å². The van der Waals surface area contributed by atoms with Gasteiger partial charge in [-0.1, -0.05) is 30.7 Å². The second kappa shape index (κ2) is 12.6. The van der Waals surface area contributed by atoms with E-state index in [2.05, 4.69) is 15.0 Å². The van der Waals surface area contributed by atoms with Crippen LogP contribution in [-0.2, 0) is 27.7 Å². The number of carbonyl (C=O) groups excluding carboxylic acids is 1. The minimum Gasteiger partial charge on any atom is -0.351 e. The van der Waals surface area contributed by atoms with Gasteiger partial charge in [0.15, 0.2) is 0 Å². The first-order valence-electron chi connectivity index (χ1n) is 12.7. The van der Waals surface area contributed by atoms with Crippen LogP contribution in [0.3, 0.4) is 0 Å². The minimum atomic E-state index is -3.95. The maximum atomic E-state index is 13.9. The minimum absolute atomic E-state index is 0.0486. The number of aryl methyl sites for hydroxylation is 1. The molecule has 3 atom stereocenters. The van der Waals surface area contributed by atoms with Crippen LogP contribution in [0.1, 0.15) is 48.3 Å². The van der Waals surface area contributed by atoms with Gasteiger partial charge in [0.2, 0.25) is 15.9 Å². The second-order valence-electron chi connectivity index (χ2n) is 9.60. The Bertz CT molecular complexity index is 1360. The number of rotatable bonds is 11. The third kappa shape index (κ3) is 7.00. The van der Waals surface area contributed by atoms with E-state index >= 15 is 0 Å². The molecule has 4 N–H and O–H groups in total. The highest BCUT2D eigenvalue weighted by Crippen LogP contribution is 2.35. The summed E-state index contributed by atoms with van der Waals surface area (Å²) in [6, 6.07) is 12.9. The highest BCUT2D eigenvalue weighted by molar-refractivity contribution is 7.89. The van der Waals surface area contributed by atoms with Gasteiger partial charge in [-0.2, -0.15) is 0 Å². The maximum absolute atomic E-state index is 13.9. The molecule has 0 saturated carbocycles. The van der Waals surface area contributed by atoms with Crippen LogP contribution in [0, 0.1) is 11.6 Å². The number of nitrogens with two attached hydrogens (primary N) is 1. The largest absolute Gasteiger partial charge is 0.351 e. The Morgan fingerprint density at radius 3 is 2.68 bits per heavy atom. The van der Waals surface area contributed by atoms with Crippen LogP contribution in [0.4, 0.5) is 8.78 Å². The summed E-state index contributed by atoms with van der Waals surface area (Å²) in [6.45, 7) is 0.105. The molecule has 0 fully saturated rings. The van der Waals surface area contributed by atoms with Crippen molar-refractivity contribution in [1.82, 2.24) is 15.0 Å². The van der Waals surface area contributed by atoms with Gasteiger partial charge >= 0.3 is 0 Å². The van der Waals surface area contributed by atoms with E-state index < -0.39 is 26.8 Å². The molecule has 1 aliphatic carbocycles. The van der Waals surface area contributed by atoms with Crippen molar-refractivity contribution in [2.24, 2.45) is 5.73 Å². The molecular weight excluding hydrogens is 510 g/mol. The van der Waals surface area contributed by atoms with E-state index in [0.717, 1.165) is 22.8 Å². The van der Waals surface area contributed by atoms with Crippen molar-refractivity contribution in [3.8, 4) is 0 Å². The monoisotopic (exact) mass is 542 g/mol. The summed E-state index contributed by atoms with van der Waals surface area (Å²) in [6.07, 6.45) is 6.79. The van der Waals surface area contributed by atoms with Gasteiger partial charge in [-0.05, 0) is 79.1 Å². The molecule has 38 heavy (non-hydrogen) atoms. The zero-order valence-corrected chi connectivity index (χ0v) is 21.8. The molecule has 4 rings (SSSR count). The van der Waals surface area contributed by atoms with Crippen molar-refractivity contribution in [2.45, 2.75) is 61.4 Å². The van der Waals surface area contributed by atoms with Crippen molar-refractivity contribution < 1.29 is 22.0 Å². The number of hydrogen-bond donors (Lipinski definition) is 3. The molecule has 0 spiro atoms. The number of halogens is 2. The zero-order chi connectivity index (χ0) is 27.1. The smallest absolute Gasteiger partial charge is 0.243 e. The molecule has 1 aromatic heterocycles. The Hall–Kier alpha value is -3.21. The summed E-state index contributed by atoms with van der Waals surface area (Å²) in [7, 11) is -3.95. The molecule has 7 nitrogen and oxygen atoms in total. The molecule has 1 heterocycles. The van der Waals surface area contributed by atoms with E-state index in [0.29, 0.717) is 38.5 Å². The van der Waals surface area contributed by atoms with Gasteiger partial charge in [0.25, 0.3) is 0 Å². The predicted molar refractivity (Wildman–Crippen MR) is 141 cm³/mol. The third-order valence-corrected chi connectivity index (χ3v) is 8.41. The molecule has 3 aromatic rings. The van der Waals surface area contributed by atoms with Crippen LogP contribution in [0.15, 0.2) is 71.9 Å².